The second-order valence-corrected chi connectivity index (χ2v) is 5.94. The molecule has 21 heavy (non-hydrogen) atoms. The topological polar surface area (TPSA) is 42.1 Å². The van der Waals surface area contributed by atoms with Gasteiger partial charge in [-0.2, -0.15) is 0 Å². The smallest absolute Gasteiger partial charge is 0.122 e. The molecule has 0 radical (unpaired) electrons. The standard InChI is InChI=1S/C17H19N3S/c18-17(21)16-10-13(7-8-19-16)11-20-9-3-6-14-4-1-2-5-15(14)12-20/h1-2,4-5,7-8,10H,3,6,9,11-12H2,(H2,18,21). The van der Waals surface area contributed by atoms with Gasteiger partial charge in [0.2, 0.25) is 0 Å². The van der Waals surface area contributed by atoms with Crippen molar-refractivity contribution in [3.8, 4) is 0 Å². The SMILES string of the molecule is NC(=S)c1cc(CN2CCCc3ccccc3C2)ccn1. The van der Waals surface area contributed by atoms with E-state index in [4.69, 9.17) is 18.0 Å². The summed E-state index contributed by atoms with van der Waals surface area (Å²) in [6.07, 6.45) is 4.15. The second-order valence-electron chi connectivity index (χ2n) is 5.50. The zero-order valence-corrected chi connectivity index (χ0v) is 12.8. The fraction of sp³-hybridized carbons (Fsp3) is 0.294. The molecule has 1 aromatic carbocycles. The van der Waals surface area contributed by atoms with Crippen LogP contribution in [0.3, 0.4) is 0 Å². The molecule has 2 N–H and O–H groups in total. The Bertz CT molecular complexity index is 654. The molecule has 0 atom stereocenters. The van der Waals surface area contributed by atoms with Gasteiger partial charge in [-0.25, -0.2) is 0 Å². The number of aromatic nitrogens is 1. The molecule has 1 aliphatic rings. The number of pyridine rings is 1. The summed E-state index contributed by atoms with van der Waals surface area (Å²) in [6.45, 7) is 3.02. The second kappa shape index (κ2) is 6.33. The van der Waals surface area contributed by atoms with Crippen LogP contribution in [-0.4, -0.2) is 21.4 Å². The molecule has 0 spiro atoms. The average molecular weight is 297 g/mol. The quantitative estimate of drug-likeness (QED) is 0.885. The van der Waals surface area contributed by atoms with E-state index in [0.717, 1.165) is 19.6 Å². The Morgan fingerprint density at radius 1 is 1.24 bits per heavy atom. The summed E-state index contributed by atoms with van der Waals surface area (Å²) in [5, 5.41) is 0. The third-order valence-corrected chi connectivity index (χ3v) is 4.12. The minimum absolute atomic E-state index is 0.359. The van der Waals surface area contributed by atoms with Crippen LogP contribution >= 0.6 is 12.2 Å². The van der Waals surface area contributed by atoms with Gasteiger partial charge in [-0.3, -0.25) is 9.88 Å². The largest absolute Gasteiger partial charge is 0.388 e. The van der Waals surface area contributed by atoms with Crippen LogP contribution in [0.25, 0.3) is 0 Å². The Kier molecular flexibility index (Phi) is 4.27. The number of thiocarbonyl (C=S) groups is 1. The van der Waals surface area contributed by atoms with Crippen molar-refractivity contribution in [2.75, 3.05) is 6.54 Å². The van der Waals surface area contributed by atoms with E-state index in [1.165, 1.54) is 29.5 Å². The molecule has 0 saturated carbocycles. The molecule has 4 heteroatoms. The highest BCUT2D eigenvalue weighted by Gasteiger charge is 2.14. The third-order valence-electron chi connectivity index (χ3n) is 3.92. The van der Waals surface area contributed by atoms with Gasteiger partial charge in [0, 0.05) is 19.3 Å². The van der Waals surface area contributed by atoms with Crippen LogP contribution in [0.2, 0.25) is 0 Å². The lowest BCUT2D eigenvalue weighted by molar-refractivity contribution is 0.261. The van der Waals surface area contributed by atoms with Crippen LogP contribution in [0.15, 0.2) is 42.6 Å². The first-order valence-corrected chi connectivity index (χ1v) is 7.67. The number of fused-ring (bicyclic) bond motifs is 1. The Morgan fingerprint density at radius 2 is 2.05 bits per heavy atom. The molecule has 3 rings (SSSR count). The number of hydrogen-bond donors (Lipinski definition) is 1. The molecule has 3 nitrogen and oxygen atoms in total. The molecule has 0 amide bonds. The summed E-state index contributed by atoms with van der Waals surface area (Å²) in [6, 6.07) is 12.8. The van der Waals surface area contributed by atoms with Crippen molar-refractivity contribution in [2.24, 2.45) is 5.73 Å². The molecular weight excluding hydrogens is 278 g/mol. The molecule has 0 fully saturated rings. The lowest BCUT2D eigenvalue weighted by Gasteiger charge is -2.20. The third kappa shape index (κ3) is 3.46. The van der Waals surface area contributed by atoms with E-state index < -0.39 is 0 Å². The molecule has 108 valence electrons. The van der Waals surface area contributed by atoms with E-state index in [1.54, 1.807) is 6.20 Å². The molecule has 0 aliphatic carbocycles. The summed E-state index contributed by atoms with van der Waals surface area (Å²) in [5.41, 5.74) is 10.5. The van der Waals surface area contributed by atoms with Gasteiger partial charge in [0.15, 0.2) is 0 Å². The summed E-state index contributed by atoms with van der Waals surface area (Å²) >= 11 is 5.00. The summed E-state index contributed by atoms with van der Waals surface area (Å²) in [4.78, 5) is 7.04. The Hall–Kier alpha value is -1.78. The van der Waals surface area contributed by atoms with Gasteiger partial charge in [0.25, 0.3) is 0 Å². The van der Waals surface area contributed by atoms with Gasteiger partial charge >= 0.3 is 0 Å². The summed E-state index contributed by atoms with van der Waals surface area (Å²) < 4.78 is 0. The number of benzene rings is 1. The van der Waals surface area contributed by atoms with Crippen molar-refractivity contribution in [3.63, 3.8) is 0 Å². The summed E-state index contributed by atoms with van der Waals surface area (Å²) in [5.74, 6) is 0. The maximum absolute atomic E-state index is 5.66. The number of nitrogens with two attached hydrogens (primary N) is 1. The highest BCUT2D eigenvalue weighted by atomic mass is 32.1. The molecular formula is C17H19N3S. The van der Waals surface area contributed by atoms with E-state index in [1.807, 2.05) is 12.1 Å². The number of rotatable bonds is 3. The first-order valence-electron chi connectivity index (χ1n) is 7.26. The van der Waals surface area contributed by atoms with Gasteiger partial charge in [0.05, 0.1) is 5.69 Å². The highest BCUT2D eigenvalue weighted by molar-refractivity contribution is 7.80. The van der Waals surface area contributed by atoms with Gasteiger partial charge in [-0.05, 0) is 48.2 Å². The van der Waals surface area contributed by atoms with Crippen LogP contribution in [0.4, 0.5) is 0 Å². The fourth-order valence-corrected chi connectivity index (χ4v) is 2.98. The van der Waals surface area contributed by atoms with Gasteiger partial charge in [0.1, 0.15) is 4.99 Å². The molecule has 1 aliphatic heterocycles. The zero-order valence-electron chi connectivity index (χ0n) is 12.0. The van der Waals surface area contributed by atoms with E-state index >= 15 is 0 Å². The van der Waals surface area contributed by atoms with Crippen LogP contribution < -0.4 is 5.73 Å². The van der Waals surface area contributed by atoms with E-state index in [0.29, 0.717) is 10.7 Å². The van der Waals surface area contributed by atoms with Crippen molar-refractivity contribution in [1.29, 1.82) is 0 Å². The fourth-order valence-electron chi connectivity index (χ4n) is 2.87. The monoisotopic (exact) mass is 297 g/mol. The minimum atomic E-state index is 0.359. The van der Waals surface area contributed by atoms with Crippen molar-refractivity contribution in [3.05, 3.63) is 65.0 Å². The van der Waals surface area contributed by atoms with Crippen LogP contribution in [0.5, 0.6) is 0 Å². The molecule has 0 bridgehead atoms. The minimum Gasteiger partial charge on any atom is -0.388 e. The number of aryl methyl sites for hydroxylation is 1. The van der Waals surface area contributed by atoms with Crippen LogP contribution in [0, 0.1) is 0 Å². The highest BCUT2D eigenvalue weighted by Crippen LogP contribution is 2.20. The van der Waals surface area contributed by atoms with Gasteiger partial charge in [-0.1, -0.05) is 36.5 Å². The molecule has 0 saturated heterocycles. The Balaban J connectivity index is 1.76. The summed E-state index contributed by atoms with van der Waals surface area (Å²) in [7, 11) is 0. The van der Waals surface area contributed by atoms with Crippen molar-refractivity contribution in [1.82, 2.24) is 9.88 Å². The zero-order chi connectivity index (χ0) is 14.7. The predicted octanol–water partition coefficient (Wildman–Crippen LogP) is 2.66. The van der Waals surface area contributed by atoms with Crippen LogP contribution in [0.1, 0.15) is 28.8 Å². The van der Waals surface area contributed by atoms with E-state index in [9.17, 15) is 0 Å². The maximum atomic E-state index is 5.66. The average Bonchev–Trinajstić information content (AvgIpc) is 2.69. The van der Waals surface area contributed by atoms with E-state index in [2.05, 4.69) is 34.1 Å². The first-order chi connectivity index (χ1) is 10.2. The Labute approximate surface area is 130 Å². The maximum Gasteiger partial charge on any atom is 0.122 e. The molecule has 0 unspecified atom stereocenters. The normalized spacial score (nSPS) is 15.2. The molecule has 1 aromatic heterocycles. The Morgan fingerprint density at radius 3 is 2.86 bits per heavy atom. The molecule has 2 heterocycles. The van der Waals surface area contributed by atoms with Gasteiger partial charge in [-0.15, -0.1) is 0 Å². The van der Waals surface area contributed by atoms with E-state index in [-0.39, 0.29) is 0 Å². The number of nitrogens with zero attached hydrogens (tertiary/aromatic N) is 2. The van der Waals surface area contributed by atoms with Crippen molar-refractivity contribution in [2.45, 2.75) is 25.9 Å². The number of hydrogen-bond acceptors (Lipinski definition) is 3. The first kappa shape index (κ1) is 14.2. The van der Waals surface area contributed by atoms with Crippen molar-refractivity contribution >= 4 is 17.2 Å². The molecule has 2 aromatic rings. The van der Waals surface area contributed by atoms with Gasteiger partial charge < -0.3 is 5.73 Å². The predicted molar refractivity (Wildman–Crippen MR) is 89.0 cm³/mol. The van der Waals surface area contributed by atoms with Crippen molar-refractivity contribution < 1.29 is 0 Å². The van der Waals surface area contributed by atoms with Crippen LogP contribution in [-0.2, 0) is 19.5 Å². The lowest BCUT2D eigenvalue weighted by atomic mass is 10.0. The lowest BCUT2D eigenvalue weighted by Crippen LogP contribution is -2.23.